The largest absolute Gasteiger partial charge is 0.273 e. The van der Waals surface area contributed by atoms with Gasteiger partial charge in [0.25, 0.3) is 0 Å². The van der Waals surface area contributed by atoms with Crippen molar-refractivity contribution in [2.45, 2.75) is 20.8 Å². The lowest BCUT2D eigenvalue weighted by molar-refractivity contribution is -0.126. The van der Waals surface area contributed by atoms with E-state index in [4.69, 9.17) is 0 Å². The predicted octanol–water partition coefficient (Wildman–Crippen LogP) is -0.325. The zero-order chi connectivity index (χ0) is 8.36. The van der Waals surface area contributed by atoms with E-state index in [2.05, 4.69) is 0 Å². The van der Waals surface area contributed by atoms with E-state index < -0.39 is 22.2 Å². The maximum absolute atomic E-state index is 10.8. The summed E-state index contributed by atoms with van der Waals surface area (Å²) in [5.41, 5.74) is -0.643. The normalized spacial score (nSPS) is 11.6. The van der Waals surface area contributed by atoms with Crippen molar-refractivity contribution in [2.24, 2.45) is 5.41 Å². The van der Waals surface area contributed by atoms with E-state index >= 15 is 0 Å². The Kier molecular flexibility index (Phi) is 2.83. The van der Waals surface area contributed by atoms with Crippen molar-refractivity contribution >= 4 is 16.8 Å². The van der Waals surface area contributed by atoms with Crippen LogP contribution in [0, 0.1) is 5.41 Å². The molecule has 0 aromatic carbocycles. The van der Waals surface area contributed by atoms with Gasteiger partial charge in [0.15, 0.2) is 0 Å². The molecule has 1 N–H and O–H groups in total. The lowest BCUT2D eigenvalue weighted by Crippen LogP contribution is -2.33. The van der Waals surface area contributed by atoms with Gasteiger partial charge in [-0.05, 0) is 0 Å². The predicted molar refractivity (Wildman–Crippen MR) is 37.9 cm³/mol. The third-order valence-electron chi connectivity index (χ3n) is 0.874. The van der Waals surface area contributed by atoms with Gasteiger partial charge in [-0.2, -0.15) is 0 Å². The molecule has 4 nitrogen and oxygen atoms in total. The minimum atomic E-state index is -2.80. The molecule has 0 aromatic heterocycles. The molecule has 0 aliphatic rings. The molecule has 0 spiro atoms. The fraction of sp³-hybridized carbons (Fsp3) is 0.800. The number of hydrogen-bond donors (Lipinski definition) is 2. The third kappa shape index (κ3) is 3.45. The van der Waals surface area contributed by atoms with Crippen LogP contribution in [0.1, 0.15) is 20.8 Å². The molecule has 1 amide bonds. The Bertz CT molecular complexity index is 193. The Morgan fingerprint density at radius 1 is 1.30 bits per heavy atom. The second-order valence-electron chi connectivity index (χ2n) is 2.95. The fourth-order valence-corrected chi connectivity index (χ4v) is 0.752. The van der Waals surface area contributed by atoms with Crippen LogP contribution < -0.4 is 4.72 Å². The average Bonchev–Trinajstić information content (AvgIpc) is 1.60. The second kappa shape index (κ2) is 3.01. The Balaban J connectivity index is 4.12. The lowest BCUT2D eigenvalue weighted by atomic mass is 9.96. The number of carbonyl (C=O) groups is 1. The van der Waals surface area contributed by atoms with Crippen molar-refractivity contribution in [1.29, 1.82) is 0 Å². The molecule has 0 rings (SSSR count). The monoisotopic (exact) mass is 165 g/mol. The maximum atomic E-state index is 10.8. The first-order valence-corrected chi connectivity index (χ1v) is 3.97. The first-order valence-electron chi connectivity index (χ1n) is 2.79. The lowest BCUT2D eigenvalue weighted by Gasteiger charge is -2.13. The molecule has 0 saturated carbocycles. The minimum absolute atomic E-state index is 0.483. The van der Waals surface area contributed by atoms with E-state index in [0.29, 0.717) is 0 Å². The summed E-state index contributed by atoms with van der Waals surface area (Å²) in [7, 11) is -2.80. The fourth-order valence-electron chi connectivity index (χ4n) is 0.251. The summed E-state index contributed by atoms with van der Waals surface area (Å²) in [5, 5.41) is 0. The quantitative estimate of drug-likeness (QED) is 0.523. The van der Waals surface area contributed by atoms with Crippen LogP contribution in [0.5, 0.6) is 0 Å². The van der Waals surface area contributed by atoms with Gasteiger partial charge in [0.2, 0.25) is 16.8 Å². The number of rotatable bonds is 1. The van der Waals surface area contributed by atoms with E-state index in [1.54, 1.807) is 25.5 Å². The van der Waals surface area contributed by atoms with Crippen LogP contribution in [0.4, 0.5) is 0 Å². The molecule has 0 aliphatic heterocycles. The van der Waals surface area contributed by atoms with E-state index in [9.17, 15) is 13.2 Å². The summed E-state index contributed by atoms with van der Waals surface area (Å²) in [6, 6.07) is 0. The highest BCUT2D eigenvalue weighted by molar-refractivity contribution is 7.71. The highest BCUT2D eigenvalue weighted by Crippen LogP contribution is 2.11. The average molecular weight is 165 g/mol. The molecule has 0 fully saturated rings. The Morgan fingerprint density at radius 2 is 1.70 bits per heavy atom. The summed E-state index contributed by atoms with van der Waals surface area (Å²) in [4.78, 5) is 10.8. The molecule has 0 saturated heterocycles. The molecule has 0 unspecified atom stereocenters. The summed E-state index contributed by atoms with van der Waals surface area (Å²) < 4.78 is 21.7. The molecule has 0 heterocycles. The smallest absolute Gasteiger partial charge is 0.238 e. The van der Waals surface area contributed by atoms with Crippen molar-refractivity contribution in [3.63, 3.8) is 0 Å². The molecule has 0 aromatic rings. The standard InChI is InChI=1S/C5H11NO3S/c1-5(2,3)4(7)6-10(8)9/h10H,1-3H3,(H,6,7,8,9). The Labute approximate surface area is 61.7 Å². The zero-order valence-electron chi connectivity index (χ0n) is 6.17. The van der Waals surface area contributed by atoms with Gasteiger partial charge in [0.05, 0.1) is 0 Å². The van der Waals surface area contributed by atoms with Crippen LogP contribution >= 0.6 is 0 Å². The van der Waals surface area contributed by atoms with Gasteiger partial charge < -0.3 is 0 Å². The van der Waals surface area contributed by atoms with Gasteiger partial charge in [0, 0.05) is 5.41 Å². The van der Waals surface area contributed by atoms with Gasteiger partial charge >= 0.3 is 0 Å². The van der Waals surface area contributed by atoms with Gasteiger partial charge in [0.1, 0.15) is 0 Å². The molecule has 60 valence electrons. The molecule has 0 radical (unpaired) electrons. The number of thiol groups is 1. The molecule has 5 heteroatoms. The summed E-state index contributed by atoms with van der Waals surface area (Å²) >= 11 is 0. The van der Waals surface area contributed by atoms with E-state index in [0.717, 1.165) is 0 Å². The number of nitrogens with one attached hydrogen (secondary N) is 1. The van der Waals surface area contributed by atoms with Gasteiger partial charge in [-0.1, -0.05) is 20.8 Å². The number of amides is 1. The van der Waals surface area contributed by atoms with Crippen LogP contribution in [0.3, 0.4) is 0 Å². The van der Waals surface area contributed by atoms with Crippen molar-refractivity contribution in [3.05, 3.63) is 0 Å². The first kappa shape index (κ1) is 9.42. The number of carbonyl (C=O) groups excluding carboxylic acids is 1. The van der Waals surface area contributed by atoms with E-state index in [1.165, 1.54) is 0 Å². The third-order valence-corrected chi connectivity index (χ3v) is 1.26. The van der Waals surface area contributed by atoms with Crippen LogP contribution in [0.2, 0.25) is 0 Å². The SMILES string of the molecule is CC(C)(C)C(=O)N[SH](=O)=O. The molecular weight excluding hydrogens is 154 g/mol. The summed E-state index contributed by atoms with van der Waals surface area (Å²) in [5.74, 6) is -0.483. The molecular formula is C5H11NO3S. The molecule has 0 atom stereocenters. The highest BCUT2D eigenvalue weighted by atomic mass is 32.2. The first-order chi connectivity index (χ1) is 4.34. The van der Waals surface area contributed by atoms with Crippen LogP contribution in [0.25, 0.3) is 0 Å². The summed E-state index contributed by atoms with van der Waals surface area (Å²) in [6.45, 7) is 4.92. The second-order valence-corrected chi connectivity index (χ2v) is 3.69. The minimum Gasteiger partial charge on any atom is -0.273 e. The molecule has 0 bridgehead atoms. The van der Waals surface area contributed by atoms with Gasteiger partial charge in [-0.25, -0.2) is 8.42 Å². The van der Waals surface area contributed by atoms with Crippen molar-refractivity contribution in [1.82, 2.24) is 4.72 Å². The van der Waals surface area contributed by atoms with Crippen LogP contribution in [-0.4, -0.2) is 14.3 Å². The summed E-state index contributed by atoms with van der Waals surface area (Å²) in [6.07, 6.45) is 0. The van der Waals surface area contributed by atoms with Crippen molar-refractivity contribution < 1.29 is 13.2 Å². The zero-order valence-corrected chi connectivity index (χ0v) is 7.07. The van der Waals surface area contributed by atoms with E-state index in [-0.39, 0.29) is 0 Å². The Hall–Kier alpha value is -0.580. The highest BCUT2D eigenvalue weighted by Gasteiger charge is 2.20. The molecule has 0 aliphatic carbocycles. The maximum Gasteiger partial charge on any atom is 0.238 e. The van der Waals surface area contributed by atoms with E-state index in [1.807, 2.05) is 0 Å². The topological polar surface area (TPSA) is 63.2 Å². The Morgan fingerprint density at radius 3 is 1.80 bits per heavy atom. The van der Waals surface area contributed by atoms with Crippen molar-refractivity contribution in [2.75, 3.05) is 0 Å². The molecule has 10 heavy (non-hydrogen) atoms. The van der Waals surface area contributed by atoms with Crippen molar-refractivity contribution in [3.8, 4) is 0 Å². The van der Waals surface area contributed by atoms with Gasteiger partial charge in [-0.3, -0.25) is 9.52 Å². The van der Waals surface area contributed by atoms with Crippen LogP contribution in [-0.2, 0) is 15.7 Å². The van der Waals surface area contributed by atoms with Crippen LogP contribution in [0.15, 0.2) is 0 Å². The van der Waals surface area contributed by atoms with Gasteiger partial charge in [-0.15, -0.1) is 0 Å². The number of hydrogen-bond acceptors (Lipinski definition) is 3.